The van der Waals surface area contributed by atoms with Crippen LogP contribution in [-0.2, 0) is 11.3 Å². The number of benzene rings is 2. The van der Waals surface area contributed by atoms with Gasteiger partial charge in [-0.3, -0.25) is 0 Å². The predicted octanol–water partition coefficient (Wildman–Crippen LogP) is 3.73. The van der Waals surface area contributed by atoms with Crippen molar-refractivity contribution < 1.29 is 9.47 Å². The number of rotatable bonds is 9. The molecule has 8 nitrogen and oxygen atoms in total. The molecule has 148 valence electrons. The Kier molecular flexibility index (Phi) is 5.82. The summed E-state index contributed by atoms with van der Waals surface area (Å²) < 4.78 is 10.6. The molecule has 2 aromatic heterocycles. The molecule has 0 aliphatic carbocycles. The zero-order chi connectivity index (χ0) is 19.9. The molecular weight excluding hydrogens is 368 g/mol. The first kappa shape index (κ1) is 18.7. The van der Waals surface area contributed by atoms with E-state index in [0.29, 0.717) is 37.2 Å². The van der Waals surface area contributed by atoms with Crippen LogP contribution in [0.15, 0.2) is 60.9 Å². The first-order chi connectivity index (χ1) is 14.3. The van der Waals surface area contributed by atoms with Crippen molar-refractivity contribution >= 4 is 28.6 Å². The van der Waals surface area contributed by atoms with Gasteiger partial charge in [0, 0.05) is 19.3 Å². The van der Waals surface area contributed by atoms with E-state index in [4.69, 9.17) is 9.47 Å². The van der Waals surface area contributed by atoms with Crippen molar-refractivity contribution in [2.45, 2.75) is 6.54 Å². The van der Waals surface area contributed by atoms with Gasteiger partial charge in [0.2, 0.25) is 5.95 Å². The number of imidazole rings is 1. The second kappa shape index (κ2) is 9.03. The van der Waals surface area contributed by atoms with Gasteiger partial charge in [-0.05, 0) is 29.8 Å². The third-order valence-corrected chi connectivity index (χ3v) is 4.26. The topological polar surface area (TPSA) is 97.0 Å². The van der Waals surface area contributed by atoms with E-state index in [2.05, 4.69) is 42.7 Å². The molecule has 29 heavy (non-hydrogen) atoms. The van der Waals surface area contributed by atoms with Gasteiger partial charge in [-0.15, -0.1) is 0 Å². The molecule has 4 aromatic rings. The highest BCUT2D eigenvalue weighted by atomic mass is 16.5. The van der Waals surface area contributed by atoms with E-state index in [1.54, 1.807) is 13.4 Å². The standard InChI is InChI=1S/C21H22N6O2/c1-28-11-12-29-17-9-7-16(8-10-17)25-21-26-19(18-20(27-21)24-14-23-18)22-13-15-5-3-2-4-6-15/h2-10,14H,11-13H2,1H3,(H3,22,23,24,25,26,27). The van der Waals surface area contributed by atoms with Gasteiger partial charge in [0.05, 0.1) is 12.9 Å². The highest BCUT2D eigenvalue weighted by molar-refractivity contribution is 5.84. The Morgan fingerprint density at radius 1 is 0.966 bits per heavy atom. The van der Waals surface area contributed by atoms with Crippen LogP contribution in [0.3, 0.4) is 0 Å². The van der Waals surface area contributed by atoms with Crippen molar-refractivity contribution in [1.29, 1.82) is 0 Å². The minimum Gasteiger partial charge on any atom is -0.491 e. The van der Waals surface area contributed by atoms with Crippen LogP contribution >= 0.6 is 0 Å². The Hall–Kier alpha value is -3.65. The molecule has 4 rings (SSSR count). The SMILES string of the molecule is COCCOc1ccc(Nc2nc(NCc3ccccc3)c3[nH]cnc3n2)cc1. The van der Waals surface area contributed by atoms with E-state index in [-0.39, 0.29) is 0 Å². The molecule has 0 amide bonds. The fourth-order valence-electron chi connectivity index (χ4n) is 2.81. The molecule has 8 heteroatoms. The van der Waals surface area contributed by atoms with Crippen molar-refractivity contribution in [2.75, 3.05) is 31.0 Å². The molecule has 3 N–H and O–H groups in total. The number of ether oxygens (including phenoxy) is 2. The average Bonchev–Trinajstić information content (AvgIpc) is 3.23. The zero-order valence-corrected chi connectivity index (χ0v) is 16.1. The third kappa shape index (κ3) is 4.80. The maximum Gasteiger partial charge on any atom is 0.231 e. The highest BCUT2D eigenvalue weighted by Crippen LogP contribution is 2.23. The lowest BCUT2D eigenvalue weighted by Gasteiger charge is -2.10. The minimum atomic E-state index is 0.466. The van der Waals surface area contributed by atoms with Crippen LogP contribution in [0.4, 0.5) is 17.5 Å². The monoisotopic (exact) mass is 390 g/mol. The summed E-state index contributed by atoms with van der Waals surface area (Å²) in [6, 6.07) is 17.8. The number of H-pyrrole nitrogens is 1. The summed E-state index contributed by atoms with van der Waals surface area (Å²) in [5.74, 6) is 1.94. The molecule has 2 heterocycles. The van der Waals surface area contributed by atoms with Crippen LogP contribution in [0.1, 0.15) is 5.56 Å². The number of nitrogens with zero attached hydrogens (tertiary/aromatic N) is 3. The largest absolute Gasteiger partial charge is 0.491 e. The lowest BCUT2D eigenvalue weighted by molar-refractivity contribution is 0.146. The number of fused-ring (bicyclic) bond motifs is 1. The lowest BCUT2D eigenvalue weighted by Crippen LogP contribution is -2.06. The second-order valence-corrected chi connectivity index (χ2v) is 6.33. The number of aromatic amines is 1. The number of hydrogen-bond acceptors (Lipinski definition) is 7. The van der Waals surface area contributed by atoms with Crippen LogP contribution in [0.5, 0.6) is 5.75 Å². The summed E-state index contributed by atoms with van der Waals surface area (Å²) in [7, 11) is 1.65. The lowest BCUT2D eigenvalue weighted by atomic mass is 10.2. The van der Waals surface area contributed by atoms with Crippen molar-refractivity contribution in [3.63, 3.8) is 0 Å². The van der Waals surface area contributed by atoms with Gasteiger partial charge >= 0.3 is 0 Å². The Balaban J connectivity index is 1.49. The smallest absolute Gasteiger partial charge is 0.231 e. The fraction of sp³-hybridized carbons (Fsp3) is 0.190. The van der Waals surface area contributed by atoms with Crippen LogP contribution in [0.25, 0.3) is 11.2 Å². The summed E-state index contributed by atoms with van der Waals surface area (Å²) in [4.78, 5) is 16.5. The van der Waals surface area contributed by atoms with Gasteiger partial charge in [0.25, 0.3) is 0 Å². The molecule has 0 bridgehead atoms. The van der Waals surface area contributed by atoms with E-state index < -0.39 is 0 Å². The molecule has 0 saturated heterocycles. The summed E-state index contributed by atoms with van der Waals surface area (Å²) in [6.07, 6.45) is 1.61. The van der Waals surface area contributed by atoms with Crippen molar-refractivity contribution in [3.8, 4) is 5.75 Å². The molecule has 0 radical (unpaired) electrons. The van der Waals surface area contributed by atoms with Gasteiger partial charge in [-0.25, -0.2) is 4.98 Å². The van der Waals surface area contributed by atoms with E-state index in [1.807, 2.05) is 42.5 Å². The fourth-order valence-corrected chi connectivity index (χ4v) is 2.81. The molecule has 2 aromatic carbocycles. The van der Waals surface area contributed by atoms with Gasteiger partial charge in [-0.1, -0.05) is 30.3 Å². The molecular formula is C21H22N6O2. The summed E-state index contributed by atoms with van der Waals surface area (Å²) in [5, 5.41) is 6.58. The van der Waals surface area contributed by atoms with E-state index in [0.717, 1.165) is 22.5 Å². The maximum absolute atomic E-state index is 5.58. The first-order valence-electron chi connectivity index (χ1n) is 9.29. The molecule has 0 unspecified atom stereocenters. The molecule has 0 spiro atoms. The quantitative estimate of drug-likeness (QED) is 0.375. The molecule has 0 saturated carbocycles. The number of anilines is 3. The Morgan fingerprint density at radius 3 is 2.59 bits per heavy atom. The first-order valence-corrected chi connectivity index (χ1v) is 9.29. The molecule has 0 aliphatic rings. The molecule has 0 atom stereocenters. The number of methoxy groups -OCH3 is 1. The Labute approximate surface area is 168 Å². The van der Waals surface area contributed by atoms with Crippen LogP contribution in [-0.4, -0.2) is 40.3 Å². The van der Waals surface area contributed by atoms with Crippen LogP contribution in [0, 0.1) is 0 Å². The highest BCUT2D eigenvalue weighted by Gasteiger charge is 2.10. The van der Waals surface area contributed by atoms with Crippen LogP contribution in [0.2, 0.25) is 0 Å². The van der Waals surface area contributed by atoms with Gasteiger partial charge in [-0.2, -0.15) is 9.97 Å². The summed E-state index contributed by atoms with van der Waals surface area (Å²) in [6.45, 7) is 1.72. The minimum absolute atomic E-state index is 0.466. The second-order valence-electron chi connectivity index (χ2n) is 6.33. The summed E-state index contributed by atoms with van der Waals surface area (Å²) in [5.41, 5.74) is 3.39. The van der Waals surface area contributed by atoms with Crippen molar-refractivity contribution in [3.05, 3.63) is 66.5 Å². The normalized spacial score (nSPS) is 10.8. The average molecular weight is 390 g/mol. The number of hydrogen-bond donors (Lipinski definition) is 3. The predicted molar refractivity (Wildman–Crippen MR) is 113 cm³/mol. The van der Waals surface area contributed by atoms with Crippen molar-refractivity contribution in [1.82, 2.24) is 19.9 Å². The molecule has 0 aliphatic heterocycles. The number of nitrogens with one attached hydrogen (secondary N) is 3. The third-order valence-electron chi connectivity index (χ3n) is 4.26. The molecule has 0 fully saturated rings. The number of aromatic nitrogens is 4. The van der Waals surface area contributed by atoms with Gasteiger partial charge in [0.1, 0.15) is 17.9 Å². The van der Waals surface area contributed by atoms with Gasteiger partial charge < -0.3 is 25.1 Å². The maximum atomic E-state index is 5.58. The van der Waals surface area contributed by atoms with E-state index >= 15 is 0 Å². The van der Waals surface area contributed by atoms with Gasteiger partial charge in [0.15, 0.2) is 11.5 Å². The van der Waals surface area contributed by atoms with E-state index in [9.17, 15) is 0 Å². The Bertz CT molecular complexity index is 1050. The van der Waals surface area contributed by atoms with E-state index in [1.165, 1.54) is 0 Å². The van der Waals surface area contributed by atoms with Crippen LogP contribution < -0.4 is 15.4 Å². The summed E-state index contributed by atoms with van der Waals surface area (Å²) >= 11 is 0. The van der Waals surface area contributed by atoms with Crippen molar-refractivity contribution in [2.24, 2.45) is 0 Å². The zero-order valence-electron chi connectivity index (χ0n) is 16.1. The Morgan fingerprint density at radius 2 is 1.79 bits per heavy atom.